The van der Waals surface area contributed by atoms with Gasteiger partial charge in [-0.25, -0.2) is 9.78 Å². The number of carbonyl (C=O) groups is 2. The number of aromatic nitrogens is 1. The summed E-state index contributed by atoms with van der Waals surface area (Å²) >= 11 is 1.11. The van der Waals surface area contributed by atoms with Crippen molar-refractivity contribution in [3.8, 4) is 10.8 Å². The number of hydrogen-bond donors (Lipinski definition) is 3. The number of nitrogens with zero attached hydrogens (tertiary/aromatic N) is 1. The Morgan fingerprint density at radius 1 is 1.55 bits per heavy atom. The number of aliphatic carboxylic acids is 1. The van der Waals surface area contributed by atoms with Crippen LogP contribution in [0.5, 0.6) is 0 Å². The lowest BCUT2D eigenvalue weighted by atomic mass is 10.1. The third-order valence-electron chi connectivity index (χ3n) is 2.52. The Morgan fingerprint density at radius 3 is 2.90 bits per heavy atom. The number of thiazole rings is 1. The first-order valence-electron chi connectivity index (χ1n) is 5.64. The summed E-state index contributed by atoms with van der Waals surface area (Å²) < 4.78 is 5.16. The molecule has 2 aromatic rings. The van der Waals surface area contributed by atoms with E-state index in [-0.39, 0.29) is 0 Å². The monoisotopic (exact) mass is 296 g/mol. The Bertz CT molecular complexity index is 618. The summed E-state index contributed by atoms with van der Waals surface area (Å²) in [5.41, 5.74) is -2.01. The van der Waals surface area contributed by atoms with Gasteiger partial charge in [0.25, 0.3) is 5.91 Å². The summed E-state index contributed by atoms with van der Waals surface area (Å²) in [5, 5.41) is 21.1. The summed E-state index contributed by atoms with van der Waals surface area (Å²) in [5.74, 6) is -1.35. The minimum atomic E-state index is -2.01. The van der Waals surface area contributed by atoms with Crippen LogP contribution in [0.15, 0.2) is 29.0 Å². The first-order valence-corrected chi connectivity index (χ1v) is 6.45. The van der Waals surface area contributed by atoms with E-state index < -0.39 is 24.0 Å². The van der Waals surface area contributed by atoms with Crippen LogP contribution < -0.4 is 5.32 Å². The van der Waals surface area contributed by atoms with Gasteiger partial charge in [0.1, 0.15) is 4.88 Å². The second kappa shape index (κ2) is 5.43. The van der Waals surface area contributed by atoms with Crippen molar-refractivity contribution in [2.45, 2.75) is 12.5 Å². The summed E-state index contributed by atoms with van der Waals surface area (Å²) in [6, 6.07) is 3.43. The van der Waals surface area contributed by atoms with Gasteiger partial charge in [0.2, 0.25) is 0 Å². The Hall–Kier alpha value is -2.19. The number of carbonyl (C=O) groups excluding carboxylic acids is 1. The number of carboxylic acids is 1. The van der Waals surface area contributed by atoms with Crippen LogP contribution in [0.25, 0.3) is 10.8 Å². The van der Waals surface area contributed by atoms with Gasteiger partial charge >= 0.3 is 5.97 Å². The number of furan rings is 1. The van der Waals surface area contributed by atoms with Crippen LogP contribution in [-0.2, 0) is 4.79 Å². The lowest BCUT2D eigenvalue weighted by Gasteiger charge is -2.17. The molecule has 0 aliphatic carbocycles. The smallest absolute Gasteiger partial charge is 0.337 e. The van der Waals surface area contributed by atoms with E-state index in [9.17, 15) is 14.7 Å². The molecule has 20 heavy (non-hydrogen) atoms. The van der Waals surface area contributed by atoms with E-state index in [1.807, 2.05) is 0 Å². The highest BCUT2D eigenvalue weighted by Gasteiger charge is 2.30. The van der Waals surface area contributed by atoms with Gasteiger partial charge in [-0.05, 0) is 19.1 Å². The highest BCUT2D eigenvalue weighted by Crippen LogP contribution is 2.25. The number of carboxylic acid groups (broad SMARTS) is 1. The molecule has 2 heterocycles. The van der Waals surface area contributed by atoms with E-state index in [0.29, 0.717) is 15.6 Å². The van der Waals surface area contributed by atoms with Crippen molar-refractivity contribution in [1.82, 2.24) is 10.3 Å². The fourth-order valence-corrected chi connectivity index (χ4v) is 2.11. The van der Waals surface area contributed by atoms with Crippen LogP contribution >= 0.6 is 11.3 Å². The summed E-state index contributed by atoms with van der Waals surface area (Å²) in [7, 11) is 0. The Balaban J connectivity index is 2.02. The molecule has 0 fully saturated rings. The van der Waals surface area contributed by atoms with E-state index in [2.05, 4.69) is 10.3 Å². The van der Waals surface area contributed by atoms with Crippen LogP contribution in [0.4, 0.5) is 0 Å². The molecular weight excluding hydrogens is 284 g/mol. The van der Waals surface area contributed by atoms with Crippen molar-refractivity contribution in [3.05, 3.63) is 29.5 Å². The molecule has 7 nitrogen and oxygen atoms in total. The lowest BCUT2D eigenvalue weighted by Crippen LogP contribution is -2.46. The first kappa shape index (κ1) is 14.2. The molecule has 1 amide bonds. The molecule has 1 atom stereocenters. The van der Waals surface area contributed by atoms with Gasteiger partial charge in [0, 0.05) is 0 Å². The predicted octanol–water partition coefficient (Wildman–Crippen LogP) is 0.969. The third kappa shape index (κ3) is 3.03. The fourth-order valence-electron chi connectivity index (χ4n) is 1.31. The van der Waals surface area contributed by atoms with Gasteiger partial charge in [-0.2, -0.15) is 0 Å². The number of nitrogens with one attached hydrogen (secondary N) is 1. The predicted molar refractivity (Wildman–Crippen MR) is 70.4 cm³/mol. The zero-order chi connectivity index (χ0) is 14.8. The Labute approximate surface area is 117 Å². The zero-order valence-electron chi connectivity index (χ0n) is 10.5. The average Bonchev–Trinajstić information content (AvgIpc) is 3.05. The molecule has 0 aliphatic rings. The second-order valence-electron chi connectivity index (χ2n) is 4.27. The molecule has 8 heteroatoms. The third-order valence-corrected chi connectivity index (χ3v) is 3.53. The Morgan fingerprint density at radius 2 is 2.30 bits per heavy atom. The molecule has 2 aromatic heterocycles. The number of rotatable bonds is 5. The standard InChI is InChI=1S/C12H12N2O5S/c1-12(18,11(16)17)6-14-9(15)8-5-13-10(20-8)7-3-2-4-19-7/h2-5,18H,6H2,1H3,(H,14,15)(H,16,17). The molecular formula is C12H12N2O5S. The van der Waals surface area contributed by atoms with E-state index >= 15 is 0 Å². The van der Waals surface area contributed by atoms with Gasteiger partial charge in [0.15, 0.2) is 16.4 Å². The van der Waals surface area contributed by atoms with Gasteiger partial charge in [-0.3, -0.25) is 4.79 Å². The van der Waals surface area contributed by atoms with Crippen molar-refractivity contribution in [2.24, 2.45) is 0 Å². The topological polar surface area (TPSA) is 113 Å². The maximum atomic E-state index is 11.8. The zero-order valence-corrected chi connectivity index (χ0v) is 11.3. The minimum Gasteiger partial charge on any atom is -0.479 e. The van der Waals surface area contributed by atoms with Crippen molar-refractivity contribution in [3.63, 3.8) is 0 Å². The lowest BCUT2D eigenvalue weighted by molar-refractivity contribution is -0.155. The summed E-state index contributed by atoms with van der Waals surface area (Å²) in [6.45, 7) is 0.714. The van der Waals surface area contributed by atoms with Gasteiger partial charge in [0.05, 0.1) is 19.0 Å². The number of amides is 1. The summed E-state index contributed by atoms with van der Waals surface area (Å²) in [4.78, 5) is 26.9. The van der Waals surface area contributed by atoms with E-state index in [4.69, 9.17) is 9.52 Å². The Kier molecular flexibility index (Phi) is 3.86. The van der Waals surface area contributed by atoms with Crippen LogP contribution in [0, 0.1) is 0 Å². The normalized spacial score (nSPS) is 13.7. The quantitative estimate of drug-likeness (QED) is 0.757. The van der Waals surface area contributed by atoms with Crippen LogP contribution in [0.2, 0.25) is 0 Å². The van der Waals surface area contributed by atoms with Gasteiger partial charge < -0.3 is 19.9 Å². The van der Waals surface area contributed by atoms with Gasteiger partial charge in [-0.1, -0.05) is 0 Å². The molecule has 2 rings (SSSR count). The molecule has 106 valence electrons. The molecule has 0 bridgehead atoms. The van der Waals surface area contributed by atoms with Crippen molar-refractivity contribution in [2.75, 3.05) is 6.54 Å². The maximum Gasteiger partial charge on any atom is 0.337 e. The average molecular weight is 296 g/mol. The molecule has 0 aliphatic heterocycles. The summed E-state index contributed by atoms with van der Waals surface area (Å²) in [6.07, 6.45) is 2.87. The second-order valence-corrected chi connectivity index (χ2v) is 5.30. The van der Waals surface area contributed by atoms with Crippen LogP contribution in [-0.4, -0.2) is 39.2 Å². The first-order chi connectivity index (χ1) is 9.40. The number of aliphatic hydroxyl groups is 1. The van der Waals surface area contributed by atoms with Crippen LogP contribution in [0.1, 0.15) is 16.6 Å². The molecule has 0 spiro atoms. The molecule has 0 aromatic carbocycles. The molecule has 0 saturated heterocycles. The highest BCUT2D eigenvalue weighted by molar-refractivity contribution is 7.16. The SMILES string of the molecule is CC(O)(CNC(=O)c1cnc(-c2ccco2)s1)C(=O)O. The number of hydrogen-bond acceptors (Lipinski definition) is 6. The maximum absolute atomic E-state index is 11.8. The molecule has 0 radical (unpaired) electrons. The van der Waals surface area contributed by atoms with Gasteiger partial charge in [-0.15, -0.1) is 11.3 Å². The minimum absolute atomic E-state index is 0.303. The van der Waals surface area contributed by atoms with Crippen molar-refractivity contribution >= 4 is 23.2 Å². The fraction of sp³-hybridized carbons (Fsp3) is 0.250. The molecule has 0 saturated carbocycles. The van der Waals surface area contributed by atoms with E-state index in [0.717, 1.165) is 18.3 Å². The highest BCUT2D eigenvalue weighted by atomic mass is 32.1. The van der Waals surface area contributed by atoms with Crippen molar-refractivity contribution in [1.29, 1.82) is 0 Å². The largest absolute Gasteiger partial charge is 0.479 e. The van der Waals surface area contributed by atoms with E-state index in [1.165, 1.54) is 12.5 Å². The molecule has 3 N–H and O–H groups in total. The molecule has 1 unspecified atom stereocenters. The van der Waals surface area contributed by atoms with Crippen LogP contribution in [0.3, 0.4) is 0 Å². The van der Waals surface area contributed by atoms with E-state index in [1.54, 1.807) is 12.1 Å². The van der Waals surface area contributed by atoms with Crippen molar-refractivity contribution < 1.29 is 24.2 Å².